The van der Waals surface area contributed by atoms with Crippen LogP contribution in [0.5, 0.6) is 0 Å². The second kappa shape index (κ2) is 23.2. The molecule has 2 radical (unpaired) electrons. The van der Waals surface area contributed by atoms with Gasteiger partial charge in [0, 0.05) is 65.4 Å². The predicted molar refractivity (Wildman–Crippen MR) is 43.4 cm³/mol. The molecule has 0 saturated carbocycles. The Balaban J connectivity index is -0.0000000546. The van der Waals surface area contributed by atoms with Crippen molar-refractivity contribution in [3.05, 3.63) is 0 Å². The fourth-order valence-electron chi connectivity index (χ4n) is 0.137. The molecule has 0 aliphatic carbocycles. The van der Waals surface area contributed by atoms with E-state index in [0.717, 1.165) is 6.54 Å². The standard InChI is InChI=1S/C4H8NO.C3H6NO.2Y/c1-3-5(2)4-6;1-2-4-3-5;;/h3H2,1-2H3;2H2,1H3,(H,4,5);;/q2*-1;;. The van der Waals surface area contributed by atoms with E-state index >= 15 is 0 Å². The van der Waals surface area contributed by atoms with Gasteiger partial charge in [-0.15, -0.1) is 0 Å². The van der Waals surface area contributed by atoms with Crippen LogP contribution in [0.2, 0.25) is 0 Å². The number of carbonyl (C=O) groups excluding carboxylic acids is 2. The minimum absolute atomic E-state index is 0. The van der Waals surface area contributed by atoms with E-state index in [1.807, 2.05) is 13.8 Å². The number of hydrogen-bond acceptors (Lipinski definition) is 2. The van der Waals surface area contributed by atoms with E-state index in [4.69, 9.17) is 4.79 Å². The average molecular weight is 336 g/mol. The smallest absolute Gasteiger partial charge is 0 e. The van der Waals surface area contributed by atoms with Crippen molar-refractivity contribution in [1.29, 1.82) is 0 Å². The molecule has 0 spiro atoms. The molecule has 0 saturated heterocycles. The largest absolute Gasteiger partial charge is 0.530 e. The summed E-state index contributed by atoms with van der Waals surface area (Å²) < 4.78 is 0. The summed E-state index contributed by atoms with van der Waals surface area (Å²) in [6.07, 6.45) is 3.22. The van der Waals surface area contributed by atoms with E-state index in [9.17, 15) is 4.79 Å². The molecule has 72 valence electrons. The van der Waals surface area contributed by atoms with Gasteiger partial charge in [0.2, 0.25) is 0 Å². The fourth-order valence-corrected chi connectivity index (χ4v) is 0.137. The maximum atomic E-state index is 9.54. The van der Waals surface area contributed by atoms with Gasteiger partial charge in [-0.25, -0.2) is 0 Å². The third-order valence-electron chi connectivity index (χ3n) is 0.879. The van der Waals surface area contributed by atoms with Crippen molar-refractivity contribution < 1.29 is 75.0 Å². The van der Waals surface area contributed by atoms with Gasteiger partial charge in [0.1, 0.15) is 0 Å². The summed E-state index contributed by atoms with van der Waals surface area (Å²) in [7, 11) is 1.69. The van der Waals surface area contributed by atoms with Gasteiger partial charge in [-0.3, -0.25) is 0 Å². The third-order valence-corrected chi connectivity index (χ3v) is 0.879. The number of rotatable bonds is 4. The molecule has 4 nitrogen and oxygen atoms in total. The number of hydrogen-bond donors (Lipinski definition) is 1. The van der Waals surface area contributed by atoms with Crippen LogP contribution in [0.4, 0.5) is 0 Å². The molecule has 1 N–H and O–H groups in total. The van der Waals surface area contributed by atoms with Gasteiger partial charge in [0.15, 0.2) is 0 Å². The van der Waals surface area contributed by atoms with Crippen molar-refractivity contribution in [2.75, 3.05) is 20.1 Å². The van der Waals surface area contributed by atoms with Crippen molar-refractivity contribution >= 4 is 12.8 Å². The zero-order chi connectivity index (χ0) is 9.11. The zero-order valence-corrected chi connectivity index (χ0v) is 14.0. The summed E-state index contributed by atoms with van der Waals surface area (Å²) >= 11 is 0. The molecular weight excluding hydrogens is 322 g/mol. The minimum Gasteiger partial charge on any atom is -0.530 e. The van der Waals surface area contributed by atoms with Crippen molar-refractivity contribution in [3.8, 4) is 0 Å². The molecule has 2 amide bonds. The quantitative estimate of drug-likeness (QED) is 0.564. The maximum Gasteiger partial charge on any atom is 0 e. The maximum absolute atomic E-state index is 9.54. The van der Waals surface area contributed by atoms with E-state index in [1.165, 1.54) is 11.3 Å². The van der Waals surface area contributed by atoms with Crippen molar-refractivity contribution in [2.45, 2.75) is 13.8 Å². The summed E-state index contributed by atoms with van der Waals surface area (Å²) in [5.41, 5.74) is 0. The number of nitrogens with one attached hydrogen (secondary N) is 1. The molecule has 0 aromatic rings. The predicted octanol–water partition coefficient (Wildman–Crippen LogP) is -0.337. The first kappa shape index (κ1) is 23.7. The molecule has 0 fully saturated rings. The van der Waals surface area contributed by atoms with Crippen LogP contribution in [0.3, 0.4) is 0 Å². The molecule has 0 aliphatic heterocycles. The number of nitrogens with zero attached hydrogens (tertiary/aromatic N) is 1. The topological polar surface area (TPSA) is 49.4 Å². The van der Waals surface area contributed by atoms with Crippen LogP contribution in [-0.2, 0) is 75.0 Å². The Hall–Kier alpha value is 1.15. The van der Waals surface area contributed by atoms with E-state index in [2.05, 4.69) is 5.32 Å². The molecule has 13 heavy (non-hydrogen) atoms. The van der Waals surface area contributed by atoms with Crippen LogP contribution in [0, 0.1) is 0 Å². The fraction of sp³-hybridized carbons (Fsp3) is 0.714. The molecular formula is C7H14N2O2Y2-2. The third kappa shape index (κ3) is 32.0. The average Bonchev–Trinajstić information content (AvgIpc) is 2.06. The van der Waals surface area contributed by atoms with Gasteiger partial charge in [-0.1, -0.05) is 13.8 Å². The van der Waals surface area contributed by atoms with E-state index in [0.29, 0.717) is 6.54 Å². The van der Waals surface area contributed by atoms with Gasteiger partial charge in [0.05, 0.1) is 0 Å². The minimum atomic E-state index is 0. The van der Waals surface area contributed by atoms with E-state index in [1.54, 1.807) is 13.5 Å². The van der Waals surface area contributed by atoms with Crippen LogP contribution < -0.4 is 5.32 Å². The number of amides is 2. The van der Waals surface area contributed by atoms with Crippen LogP contribution in [0.25, 0.3) is 0 Å². The van der Waals surface area contributed by atoms with Gasteiger partial charge in [-0.05, 0) is 20.1 Å². The van der Waals surface area contributed by atoms with Crippen molar-refractivity contribution in [1.82, 2.24) is 10.2 Å². The van der Waals surface area contributed by atoms with E-state index in [-0.39, 0.29) is 65.4 Å². The summed E-state index contributed by atoms with van der Waals surface area (Å²) in [6, 6.07) is 0. The zero-order valence-electron chi connectivity index (χ0n) is 8.33. The van der Waals surface area contributed by atoms with Crippen LogP contribution in [-0.4, -0.2) is 37.9 Å². The van der Waals surface area contributed by atoms with Crippen LogP contribution in [0.15, 0.2) is 0 Å². The first-order valence-corrected chi connectivity index (χ1v) is 3.41. The Morgan fingerprint density at radius 3 is 1.69 bits per heavy atom. The molecule has 0 bridgehead atoms. The molecule has 0 atom stereocenters. The Labute approximate surface area is 130 Å². The molecule has 0 aromatic heterocycles. The van der Waals surface area contributed by atoms with Gasteiger partial charge in [0.25, 0.3) is 0 Å². The SMILES string of the molecule is CCN(C)[C-]=O.CCN[C-]=O.[Y].[Y]. The molecule has 6 heteroatoms. The van der Waals surface area contributed by atoms with Crippen LogP contribution >= 0.6 is 0 Å². The first-order valence-electron chi connectivity index (χ1n) is 3.41. The molecule has 0 rings (SSSR count). The van der Waals surface area contributed by atoms with Crippen LogP contribution in [0.1, 0.15) is 13.8 Å². The molecule has 0 aliphatic rings. The second-order valence-corrected chi connectivity index (χ2v) is 1.74. The first-order chi connectivity index (χ1) is 5.22. The Morgan fingerprint density at radius 2 is 1.69 bits per heavy atom. The Kier molecular flexibility index (Phi) is 42.4. The normalized spacial score (nSPS) is 6.08. The summed E-state index contributed by atoms with van der Waals surface area (Å²) in [6.45, 7) is 5.14. The summed E-state index contributed by atoms with van der Waals surface area (Å²) in [5, 5.41) is 2.31. The Bertz CT molecular complexity index is 104. The van der Waals surface area contributed by atoms with Gasteiger partial charge < -0.3 is 19.8 Å². The van der Waals surface area contributed by atoms with E-state index < -0.39 is 0 Å². The second-order valence-electron chi connectivity index (χ2n) is 1.74. The van der Waals surface area contributed by atoms with Crippen molar-refractivity contribution in [2.24, 2.45) is 0 Å². The van der Waals surface area contributed by atoms with Crippen molar-refractivity contribution in [3.63, 3.8) is 0 Å². The molecule has 0 unspecified atom stereocenters. The monoisotopic (exact) mass is 336 g/mol. The molecule has 0 heterocycles. The summed E-state index contributed by atoms with van der Waals surface area (Å²) in [5.74, 6) is 0. The molecule has 0 aromatic carbocycles. The van der Waals surface area contributed by atoms with Gasteiger partial charge >= 0.3 is 0 Å². The Morgan fingerprint density at radius 1 is 1.23 bits per heavy atom. The summed E-state index contributed by atoms with van der Waals surface area (Å²) in [4.78, 5) is 20.2. The van der Waals surface area contributed by atoms with Gasteiger partial charge in [-0.2, -0.15) is 12.8 Å².